The quantitative estimate of drug-likeness (QED) is 0.347. The molecule has 0 aromatic heterocycles. The molecule has 2 amide bonds. The van der Waals surface area contributed by atoms with Gasteiger partial charge in [-0.3, -0.25) is 9.59 Å². The number of hydrogen-bond acceptors (Lipinski definition) is 3. The van der Waals surface area contributed by atoms with E-state index in [1.165, 1.54) is 31.7 Å². The summed E-state index contributed by atoms with van der Waals surface area (Å²) in [7, 11) is 0. The number of carbonyl (C=O) groups excluding carboxylic acids is 2. The zero-order valence-corrected chi connectivity index (χ0v) is 22.3. The van der Waals surface area contributed by atoms with E-state index in [0.717, 1.165) is 11.3 Å². The monoisotopic (exact) mass is 533 g/mol. The minimum atomic E-state index is -0.546. The first-order valence-electron chi connectivity index (χ1n) is 13.4. The second-order valence-electron chi connectivity index (χ2n) is 10.4. The Balaban J connectivity index is 1.47. The zero-order chi connectivity index (χ0) is 26.6. The molecule has 2 aliphatic rings. The van der Waals surface area contributed by atoms with Crippen molar-refractivity contribution in [2.75, 3.05) is 17.2 Å². The fourth-order valence-electron chi connectivity index (χ4n) is 5.84. The predicted molar refractivity (Wildman–Crippen MR) is 150 cm³/mol. The van der Waals surface area contributed by atoms with Crippen molar-refractivity contribution in [3.8, 4) is 0 Å². The first kappa shape index (κ1) is 26.2. The van der Waals surface area contributed by atoms with Gasteiger partial charge in [-0.15, -0.1) is 0 Å². The minimum Gasteiger partial charge on any atom is -0.382 e. The van der Waals surface area contributed by atoms with E-state index in [9.17, 15) is 14.0 Å². The Morgan fingerprint density at radius 3 is 2.37 bits per heavy atom. The SMILES string of the molecule is Cc1cccc(F)c1C(=O)N1CCC[C@H](C(=O)Nc2cccc(Cl)c2)[C@@H]1c1ccc(NC2CCCC2)cc1. The number of halogens is 2. The summed E-state index contributed by atoms with van der Waals surface area (Å²) in [6.07, 6.45) is 6.08. The number of anilines is 2. The van der Waals surface area contributed by atoms with E-state index in [1.807, 2.05) is 24.3 Å². The lowest BCUT2D eigenvalue weighted by Gasteiger charge is -2.41. The Kier molecular flexibility index (Phi) is 7.98. The smallest absolute Gasteiger partial charge is 0.257 e. The van der Waals surface area contributed by atoms with E-state index in [-0.39, 0.29) is 17.4 Å². The number of piperidine rings is 1. The van der Waals surface area contributed by atoms with Crippen LogP contribution in [-0.4, -0.2) is 29.3 Å². The van der Waals surface area contributed by atoms with E-state index < -0.39 is 17.8 Å². The van der Waals surface area contributed by atoms with E-state index >= 15 is 0 Å². The standard InChI is InChI=1S/C31H33ClFN3O2/c1-20-7-4-13-27(33)28(20)31(38)36-18-6-12-26(30(37)35-25-11-5-8-22(32)19-25)29(36)21-14-16-24(17-15-21)34-23-9-2-3-10-23/h4-5,7-8,11,13-17,19,23,26,29,34H,2-3,6,9-10,12,18H2,1H3,(H,35,37)/t26-,29-/m0/s1. The Labute approximate surface area is 228 Å². The molecule has 0 bridgehead atoms. The summed E-state index contributed by atoms with van der Waals surface area (Å²) in [5.41, 5.74) is 3.13. The third kappa shape index (κ3) is 5.70. The lowest BCUT2D eigenvalue weighted by Crippen LogP contribution is -2.46. The number of benzene rings is 3. The molecule has 38 heavy (non-hydrogen) atoms. The first-order chi connectivity index (χ1) is 18.4. The van der Waals surface area contributed by atoms with Crippen LogP contribution in [0.2, 0.25) is 5.02 Å². The van der Waals surface area contributed by atoms with Gasteiger partial charge in [0.25, 0.3) is 5.91 Å². The molecule has 0 spiro atoms. The molecule has 1 heterocycles. The van der Waals surface area contributed by atoms with Gasteiger partial charge in [0.1, 0.15) is 5.82 Å². The lowest BCUT2D eigenvalue weighted by molar-refractivity contribution is -0.123. The Morgan fingerprint density at radius 2 is 1.66 bits per heavy atom. The highest BCUT2D eigenvalue weighted by Crippen LogP contribution is 2.39. The minimum absolute atomic E-state index is 0.0629. The van der Waals surface area contributed by atoms with E-state index in [2.05, 4.69) is 10.6 Å². The molecule has 2 fully saturated rings. The average Bonchev–Trinajstić information content (AvgIpc) is 3.42. The second kappa shape index (κ2) is 11.6. The number of likely N-dealkylation sites (tertiary alicyclic amines) is 1. The van der Waals surface area contributed by atoms with Gasteiger partial charge in [-0.2, -0.15) is 0 Å². The molecular weight excluding hydrogens is 501 g/mol. The highest BCUT2D eigenvalue weighted by molar-refractivity contribution is 6.30. The lowest BCUT2D eigenvalue weighted by atomic mass is 9.83. The molecule has 0 unspecified atom stereocenters. The molecule has 0 radical (unpaired) electrons. The van der Waals surface area contributed by atoms with Gasteiger partial charge < -0.3 is 15.5 Å². The number of aryl methyl sites for hydroxylation is 1. The van der Waals surface area contributed by atoms with Crippen molar-refractivity contribution in [3.63, 3.8) is 0 Å². The van der Waals surface area contributed by atoms with Crippen molar-refractivity contribution in [2.24, 2.45) is 5.92 Å². The highest BCUT2D eigenvalue weighted by Gasteiger charge is 2.40. The van der Waals surface area contributed by atoms with Crippen molar-refractivity contribution in [2.45, 2.75) is 57.5 Å². The summed E-state index contributed by atoms with van der Waals surface area (Å²) in [5.74, 6) is -1.63. The summed E-state index contributed by atoms with van der Waals surface area (Å²) >= 11 is 6.13. The number of amides is 2. The molecule has 198 valence electrons. The zero-order valence-electron chi connectivity index (χ0n) is 21.6. The van der Waals surface area contributed by atoms with Crippen LogP contribution in [0.25, 0.3) is 0 Å². The predicted octanol–water partition coefficient (Wildman–Crippen LogP) is 7.37. The second-order valence-corrected chi connectivity index (χ2v) is 10.8. The molecule has 1 saturated heterocycles. The number of carbonyl (C=O) groups is 2. The van der Waals surface area contributed by atoms with Crippen LogP contribution in [-0.2, 0) is 4.79 Å². The van der Waals surface area contributed by atoms with Crippen LogP contribution < -0.4 is 10.6 Å². The van der Waals surface area contributed by atoms with Crippen molar-refractivity contribution >= 4 is 34.8 Å². The normalized spacial score (nSPS) is 19.8. The maximum Gasteiger partial charge on any atom is 0.257 e. The summed E-state index contributed by atoms with van der Waals surface area (Å²) < 4.78 is 14.9. The summed E-state index contributed by atoms with van der Waals surface area (Å²) in [4.78, 5) is 29.1. The molecule has 3 aromatic rings. The Bertz CT molecular complexity index is 1290. The van der Waals surface area contributed by atoms with Crippen molar-refractivity contribution in [1.82, 2.24) is 4.90 Å². The van der Waals surface area contributed by atoms with Gasteiger partial charge in [-0.25, -0.2) is 4.39 Å². The molecule has 2 N–H and O–H groups in total. The molecule has 5 rings (SSSR count). The van der Waals surface area contributed by atoms with Crippen LogP contribution in [0.4, 0.5) is 15.8 Å². The third-order valence-corrected chi connectivity index (χ3v) is 7.97. The molecule has 7 heteroatoms. The van der Waals surface area contributed by atoms with Crippen LogP contribution in [0.5, 0.6) is 0 Å². The number of hydrogen-bond donors (Lipinski definition) is 2. The van der Waals surface area contributed by atoms with E-state index in [0.29, 0.717) is 41.7 Å². The topological polar surface area (TPSA) is 61.4 Å². The number of rotatable bonds is 6. The van der Waals surface area contributed by atoms with Crippen LogP contribution in [0.3, 0.4) is 0 Å². The van der Waals surface area contributed by atoms with Crippen molar-refractivity contribution in [3.05, 3.63) is 94.3 Å². The van der Waals surface area contributed by atoms with Crippen LogP contribution in [0.1, 0.15) is 66.1 Å². The number of nitrogens with one attached hydrogen (secondary N) is 2. The first-order valence-corrected chi connectivity index (χ1v) is 13.8. The van der Waals surface area contributed by atoms with Gasteiger partial charge in [0.05, 0.1) is 17.5 Å². The molecule has 1 saturated carbocycles. The van der Waals surface area contributed by atoms with Gasteiger partial charge in [0.15, 0.2) is 0 Å². The highest BCUT2D eigenvalue weighted by atomic mass is 35.5. The molecule has 2 atom stereocenters. The van der Waals surface area contributed by atoms with Gasteiger partial charge >= 0.3 is 0 Å². The van der Waals surface area contributed by atoms with Gasteiger partial charge in [0, 0.05) is 29.0 Å². The van der Waals surface area contributed by atoms with Crippen LogP contribution in [0, 0.1) is 18.7 Å². The van der Waals surface area contributed by atoms with Crippen LogP contribution in [0.15, 0.2) is 66.7 Å². The van der Waals surface area contributed by atoms with Gasteiger partial charge in [0.2, 0.25) is 5.91 Å². The maximum atomic E-state index is 14.9. The van der Waals surface area contributed by atoms with Crippen molar-refractivity contribution in [1.29, 1.82) is 0 Å². The Morgan fingerprint density at radius 1 is 0.921 bits per heavy atom. The average molecular weight is 534 g/mol. The summed E-state index contributed by atoms with van der Waals surface area (Å²) in [6, 6.07) is 19.6. The van der Waals surface area contributed by atoms with Crippen molar-refractivity contribution < 1.29 is 14.0 Å². The van der Waals surface area contributed by atoms with Gasteiger partial charge in [-0.05, 0) is 80.1 Å². The number of nitrogens with zero attached hydrogens (tertiary/aromatic N) is 1. The summed E-state index contributed by atoms with van der Waals surface area (Å²) in [6.45, 7) is 2.18. The Hall–Kier alpha value is -3.38. The molecular formula is C31H33ClFN3O2. The molecule has 3 aromatic carbocycles. The molecule has 5 nitrogen and oxygen atoms in total. The molecule has 1 aliphatic heterocycles. The third-order valence-electron chi connectivity index (χ3n) is 7.73. The van der Waals surface area contributed by atoms with E-state index in [4.69, 9.17) is 11.6 Å². The summed E-state index contributed by atoms with van der Waals surface area (Å²) in [5, 5.41) is 7.11. The largest absolute Gasteiger partial charge is 0.382 e. The van der Waals surface area contributed by atoms with E-state index in [1.54, 1.807) is 48.2 Å². The fourth-order valence-corrected chi connectivity index (χ4v) is 6.03. The maximum absolute atomic E-state index is 14.9. The van der Waals surface area contributed by atoms with Crippen LogP contribution >= 0.6 is 11.6 Å². The fraction of sp³-hybridized carbons (Fsp3) is 0.355. The molecule has 1 aliphatic carbocycles. The van der Waals surface area contributed by atoms with Gasteiger partial charge in [-0.1, -0.05) is 54.8 Å².